The second kappa shape index (κ2) is 11.4. The van der Waals surface area contributed by atoms with Crippen molar-refractivity contribution in [2.45, 2.75) is 31.6 Å². The first-order valence-electron chi connectivity index (χ1n) is 11.3. The highest BCUT2D eigenvalue weighted by molar-refractivity contribution is 6.10. The average molecular weight is 548 g/mol. The van der Waals surface area contributed by atoms with Crippen molar-refractivity contribution >= 4 is 23.1 Å². The molecule has 2 aromatic carbocycles. The first kappa shape index (κ1) is 29.0. The molecular formula is C25H23F7N2O4. The summed E-state index contributed by atoms with van der Waals surface area (Å²) in [5, 5.41) is 11.0. The van der Waals surface area contributed by atoms with Crippen LogP contribution in [0.15, 0.2) is 42.5 Å². The number of allylic oxidation sites excluding steroid dienone is 1. The summed E-state index contributed by atoms with van der Waals surface area (Å²) >= 11 is 0. The van der Waals surface area contributed by atoms with Crippen LogP contribution >= 0.6 is 0 Å². The predicted molar refractivity (Wildman–Crippen MR) is 123 cm³/mol. The Morgan fingerprint density at radius 2 is 1.92 bits per heavy atom. The summed E-state index contributed by atoms with van der Waals surface area (Å²) in [6, 6.07) is 4.75. The molecule has 0 bridgehead atoms. The van der Waals surface area contributed by atoms with Crippen molar-refractivity contribution in [2.75, 3.05) is 31.2 Å². The third-order valence-corrected chi connectivity index (χ3v) is 5.52. The smallest absolute Gasteiger partial charge is 0.417 e. The van der Waals surface area contributed by atoms with E-state index in [-0.39, 0.29) is 18.0 Å². The predicted octanol–water partition coefficient (Wildman–Crippen LogP) is 4.76. The van der Waals surface area contributed by atoms with Gasteiger partial charge in [-0.25, -0.2) is 17.6 Å². The number of rotatable bonds is 7. The number of carbonyl (C=O) groups excluding carboxylic acids is 2. The van der Waals surface area contributed by atoms with Gasteiger partial charge in [0.15, 0.2) is 0 Å². The molecule has 0 unspecified atom stereocenters. The standard InChI is InChI=1S/C25H23F7N2O4/c1-14(26)13-38-16-3-4-17(20(11-16)25(30,31)32)23(37)34-8-6-24(28,29)19(12-22(36)33-7-9-35)18-10-15(27)2-5-21(18)34/h2-5,10-12,14,35H,6-9,13H2,1H3,(H,33,36)/b19-12+/t14-/m0/s1. The number of nitrogens with zero attached hydrogens (tertiary/aromatic N) is 1. The zero-order valence-electron chi connectivity index (χ0n) is 19.9. The average Bonchev–Trinajstić information content (AvgIpc) is 2.94. The molecule has 2 N–H and O–H groups in total. The van der Waals surface area contributed by atoms with Crippen molar-refractivity contribution in [1.29, 1.82) is 0 Å². The minimum atomic E-state index is -5.07. The Balaban J connectivity index is 2.12. The van der Waals surface area contributed by atoms with Crippen LogP contribution in [-0.4, -0.2) is 55.3 Å². The lowest BCUT2D eigenvalue weighted by atomic mass is 9.96. The number of aliphatic hydroxyl groups excluding tert-OH is 1. The molecule has 0 aliphatic carbocycles. The summed E-state index contributed by atoms with van der Waals surface area (Å²) in [5.74, 6) is -7.46. The molecule has 0 spiro atoms. The molecule has 0 fully saturated rings. The van der Waals surface area contributed by atoms with Crippen molar-refractivity contribution < 1.29 is 50.2 Å². The molecule has 38 heavy (non-hydrogen) atoms. The van der Waals surface area contributed by atoms with Crippen LogP contribution < -0.4 is 15.0 Å². The summed E-state index contributed by atoms with van der Waals surface area (Å²) < 4.78 is 104. The van der Waals surface area contributed by atoms with Crippen LogP contribution in [0.25, 0.3) is 5.57 Å². The van der Waals surface area contributed by atoms with E-state index in [0.717, 1.165) is 31.2 Å². The van der Waals surface area contributed by atoms with E-state index in [1.54, 1.807) is 0 Å². The number of halogens is 7. The Hall–Kier alpha value is -3.61. The van der Waals surface area contributed by atoms with E-state index in [9.17, 15) is 31.5 Å². The highest BCUT2D eigenvalue weighted by atomic mass is 19.4. The molecular weight excluding hydrogens is 525 g/mol. The summed E-state index contributed by atoms with van der Waals surface area (Å²) in [4.78, 5) is 26.2. The van der Waals surface area contributed by atoms with Gasteiger partial charge in [-0.1, -0.05) is 0 Å². The number of anilines is 1. The molecule has 13 heteroatoms. The molecule has 1 atom stereocenters. The number of hydrogen-bond donors (Lipinski definition) is 2. The third-order valence-electron chi connectivity index (χ3n) is 5.52. The largest absolute Gasteiger partial charge is 0.491 e. The topological polar surface area (TPSA) is 78.9 Å². The molecule has 2 aromatic rings. The number of amides is 2. The number of carbonyl (C=O) groups is 2. The van der Waals surface area contributed by atoms with Gasteiger partial charge in [0.25, 0.3) is 11.8 Å². The second-order valence-corrected chi connectivity index (χ2v) is 8.44. The van der Waals surface area contributed by atoms with Crippen LogP contribution in [0.5, 0.6) is 5.75 Å². The van der Waals surface area contributed by atoms with Gasteiger partial charge in [-0.3, -0.25) is 9.59 Å². The molecule has 0 radical (unpaired) electrons. The lowest BCUT2D eigenvalue weighted by Gasteiger charge is -2.25. The summed E-state index contributed by atoms with van der Waals surface area (Å²) in [5.41, 5.74) is -4.19. The van der Waals surface area contributed by atoms with Crippen LogP contribution in [-0.2, 0) is 11.0 Å². The summed E-state index contributed by atoms with van der Waals surface area (Å²) in [6.45, 7) is -0.895. The first-order valence-corrected chi connectivity index (χ1v) is 11.3. The van der Waals surface area contributed by atoms with Crippen molar-refractivity contribution in [3.05, 3.63) is 65.0 Å². The highest BCUT2D eigenvalue weighted by Crippen LogP contribution is 2.44. The maximum Gasteiger partial charge on any atom is 0.417 e. The van der Waals surface area contributed by atoms with E-state index in [1.807, 2.05) is 0 Å². The Kier molecular flexibility index (Phi) is 8.70. The molecule has 6 nitrogen and oxygen atoms in total. The van der Waals surface area contributed by atoms with E-state index in [0.29, 0.717) is 23.1 Å². The van der Waals surface area contributed by atoms with Gasteiger partial charge in [0.1, 0.15) is 24.3 Å². The molecule has 0 saturated carbocycles. The Labute approximate surface area is 212 Å². The Bertz CT molecular complexity index is 1230. The fraction of sp³-hybridized carbons (Fsp3) is 0.360. The summed E-state index contributed by atoms with van der Waals surface area (Å²) in [7, 11) is 0. The zero-order valence-corrected chi connectivity index (χ0v) is 19.9. The maximum atomic E-state index is 15.1. The van der Waals surface area contributed by atoms with Crippen LogP contribution in [0.1, 0.15) is 34.8 Å². The zero-order chi connectivity index (χ0) is 28.3. The van der Waals surface area contributed by atoms with Gasteiger partial charge in [-0.05, 0) is 43.3 Å². The molecule has 1 aliphatic rings. The van der Waals surface area contributed by atoms with Gasteiger partial charge in [0, 0.05) is 36.7 Å². The van der Waals surface area contributed by atoms with Crippen molar-refractivity contribution in [2.24, 2.45) is 0 Å². The molecule has 1 aliphatic heterocycles. The molecule has 3 rings (SSSR count). The molecule has 206 valence electrons. The lowest BCUT2D eigenvalue weighted by Crippen LogP contribution is -2.34. The number of fused-ring (bicyclic) bond motifs is 1. The quantitative estimate of drug-likeness (QED) is 0.387. The highest BCUT2D eigenvalue weighted by Gasteiger charge is 2.43. The van der Waals surface area contributed by atoms with Gasteiger partial charge < -0.3 is 20.1 Å². The number of hydrogen-bond acceptors (Lipinski definition) is 4. The molecule has 1 heterocycles. The van der Waals surface area contributed by atoms with E-state index in [4.69, 9.17) is 9.84 Å². The van der Waals surface area contributed by atoms with E-state index in [2.05, 4.69) is 5.32 Å². The first-order chi connectivity index (χ1) is 17.7. The van der Waals surface area contributed by atoms with Crippen LogP contribution in [0.4, 0.5) is 36.4 Å². The van der Waals surface area contributed by atoms with Gasteiger partial charge in [0.05, 0.1) is 23.4 Å². The molecule has 0 aromatic heterocycles. The number of nitrogens with one attached hydrogen (secondary N) is 1. The van der Waals surface area contributed by atoms with Gasteiger partial charge in [-0.2, -0.15) is 13.2 Å². The van der Waals surface area contributed by atoms with E-state index >= 15 is 8.78 Å². The fourth-order valence-electron chi connectivity index (χ4n) is 3.81. The third kappa shape index (κ3) is 6.63. The van der Waals surface area contributed by atoms with Crippen LogP contribution in [0.3, 0.4) is 0 Å². The van der Waals surface area contributed by atoms with Gasteiger partial charge in [0.2, 0.25) is 5.91 Å². The lowest BCUT2D eigenvalue weighted by molar-refractivity contribution is -0.138. The summed E-state index contributed by atoms with van der Waals surface area (Å²) in [6.07, 6.45) is -7.14. The Morgan fingerprint density at radius 3 is 2.55 bits per heavy atom. The van der Waals surface area contributed by atoms with E-state index in [1.165, 1.54) is 0 Å². The molecule has 2 amide bonds. The van der Waals surface area contributed by atoms with Crippen molar-refractivity contribution in [3.8, 4) is 5.75 Å². The maximum absolute atomic E-state index is 15.1. The number of alkyl halides is 6. The fourth-order valence-corrected chi connectivity index (χ4v) is 3.81. The normalized spacial score (nSPS) is 17.0. The number of aliphatic hydroxyl groups is 1. The number of benzene rings is 2. The SMILES string of the molecule is C[C@H](F)COc1ccc(C(=O)N2CCC(F)(F)/C(=C/C(=O)NCCO)c3cc(F)ccc32)c(C(F)(F)F)c1. The minimum Gasteiger partial charge on any atom is -0.491 e. The van der Waals surface area contributed by atoms with Crippen LogP contribution in [0.2, 0.25) is 0 Å². The second-order valence-electron chi connectivity index (χ2n) is 8.44. The van der Waals surface area contributed by atoms with E-state index < -0.39 is 84.3 Å². The van der Waals surface area contributed by atoms with Crippen molar-refractivity contribution in [1.82, 2.24) is 5.32 Å². The monoisotopic (exact) mass is 548 g/mol. The van der Waals surface area contributed by atoms with Crippen molar-refractivity contribution in [3.63, 3.8) is 0 Å². The van der Waals surface area contributed by atoms with Gasteiger partial charge >= 0.3 is 6.18 Å². The minimum absolute atomic E-state index is 0.251. The Morgan fingerprint density at radius 1 is 1.21 bits per heavy atom. The van der Waals surface area contributed by atoms with Gasteiger partial charge in [-0.15, -0.1) is 0 Å². The number of ether oxygens (including phenoxy) is 1. The molecule has 0 saturated heterocycles. The van der Waals surface area contributed by atoms with Crippen LogP contribution in [0, 0.1) is 5.82 Å².